The Balaban J connectivity index is 2.20. The first kappa shape index (κ1) is 14.2. The fourth-order valence-corrected chi connectivity index (χ4v) is 2.24. The minimum Gasteiger partial charge on any atom is -0.321 e. The van der Waals surface area contributed by atoms with Gasteiger partial charge in [-0.05, 0) is 23.6 Å². The molecular weight excluding hydrogens is 282 g/mol. The minimum atomic E-state index is -1.02. The topological polar surface area (TPSA) is 55.1 Å². The van der Waals surface area contributed by atoms with Gasteiger partial charge in [0.1, 0.15) is 4.88 Å². The van der Waals surface area contributed by atoms with Crippen molar-refractivity contribution < 1.29 is 13.6 Å². The summed E-state index contributed by atoms with van der Waals surface area (Å²) in [6, 6.07) is 4.86. The lowest BCUT2D eigenvalue weighted by Gasteiger charge is -2.04. The van der Waals surface area contributed by atoms with Gasteiger partial charge in [-0.1, -0.05) is 11.8 Å². The van der Waals surface area contributed by atoms with Crippen LogP contribution in [0.25, 0.3) is 0 Å². The number of halogens is 2. The molecule has 1 amide bonds. The minimum absolute atomic E-state index is 0.181. The van der Waals surface area contributed by atoms with E-state index in [2.05, 4.69) is 17.2 Å². The number of carbonyl (C=O) groups excluding carboxylic acids is 1. The summed E-state index contributed by atoms with van der Waals surface area (Å²) in [5, 5.41) is 4.22. The molecule has 102 valence electrons. The summed E-state index contributed by atoms with van der Waals surface area (Å²) < 4.78 is 25.9. The van der Waals surface area contributed by atoms with E-state index in [-0.39, 0.29) is 12.2 Å². The van der Waals surface area contributed by atoms with Gasteiger partial charge in [-0.2, -0.15) is 0 Å². The Morgan fingerprint density at radius 2 is 2.10 bits per heavy atom. The van der Waals surface area contributed by atoms with E-state index in [0.717, 1.165) is 12.1 Å². The van der Waals surface area contributed by atoms with Crippen molar-refractivity contribution in [3.63, 3.8) is 0 Å². The van der Waals surface area contributed by atoms with Crippen molar-refractivity contribution in [3.8, 4) is 11.8 Å². The molecule has 0 unspecified atom stereocenters. The van der Waals surface area contributed by atoms with E-state index in [1.807, 2.05) is 0 Å². The van der Waals surface area contributed by atoms with Gasteiger partial charge in [0.05, 0.1) is 6.54 Å². The molecule has 0 spiro atoms. The molecule has 0 fully saturated rings. The standard InChI is InChI=1S/C14H10F2N2OS/c15-11-4-3-10(8-12(11)16)18-14(19)13-9(2-1-6-17)5-7-20-13/h3-5,7-8H,6,17H2,(H,18,19). The van der Waals surface area contributed by atoms with Crippen molar-refractivity contribution in [3.05, 3.63) is 51.7 Å². The molecule has 0 aliphatic carbocycles. The van der Waals surface area contributed by atoms with Gasteiger partial charge < -0.3 is 11.1 Å². The largest absolute Gasteiger partial charge is 0.321 e. The van der Waals surface area contributed by atoms with E-state index in [0.29, 0.717) is 10.4 Å². The van der Waals surface area contributed by atoms with Crippen molar-refractivity contribution >= 4 is 22.9 Å². The highest BCUT2D eigenvalue weighted by atomic mass is 32.1. The quantitative estimate of drug-likeness (QED) is 0.836. The third-order valence-corrected chi connectivity index (χ3v) is 3.29. The van der Waals surface area contributed by atoms with Crippen LogP contribution in [-0.2, 0) is 0 Å². The molecule has 2 aromatic rings. The van der Waals surface area contributed by atoms with Gasteiger partial charge in [-0.15, -0.1) is 11.3 Å². The van der Waals surface area contributed by atoms with E-state index in [1.54, 1.807) is 11.4 Å². The highest BCUT2D eigenvalue weighted by Gasteiger charge is 2.13. The summed E-state index contributed by atoms with van der Waals surface area (Å²) in [6.45, 7) is 0.195. The predicted octanol–water partition coefficient (Wildman–Crippen LogP) is 2.59. The second-order valence-electron chi connectivity index (χ2n) is 3.75. The van der Waals surface area contributed by atoms with Crippen molar-refractivity contribution in [1.82, 2.24) is 0 Å². The number of benzene rings is 1. The lowest BCUT2D eigenvalue weighted by molar-refractivity contribution is 0.103. The molecule has 0 aliphatic rings. The number of amides is 1. The van der Waals surface area contributed by atoms with Crippen LogP contribution in [0.15, 0.2) is 29.6 Å². The van der Waals surface area contributed by atoms with Gasteiger partial charge in [-0.25, -0.2) is 8.78 Å². The SMILES string of the molecule is NCC#Cc1ccsc1C(=O)Nc1ccc(F)c(F)c1. The first-order chi connectivity index (χ1) is 9.61. The summed E-state index contributed by atoms with van der Waals surface area (Å²) in [4.78, 5) is 12.4. The second-order valence-corrected chi connectivity index (χ2v) is 4.67. The summed E-state index contributed by atoms with van der Waals surface area (Å²) in [5.74, 6) is 3.04. The first-order valence-corrected chi connectivity index (χ1v) is 6.52. The van der Waals surface area contributed by atoms with Crippen LogP contribution < -0.4 is 11.1 Å². The molecule has 1 aromatic carbocycles. The number of carbonyl (C=O) groups is 1. The van der Waals surface area contributed by atoms with E-state index in [1.165, 1.54) is 17.4 Å². The Labute approximate surface area is 118 Å². The molecule has 0 aliphatic heterocycles. The zero-order valence-corrected chi connectivity index (χ0v) is 11.1. The number of thiophene rings is 1. The Kier molecular flexibility index (Phi) is 4.45. The molecule has 3 N–H and O–H groups in total. The second kappa shape index (κ2) is 6.28. The average molecular weight is 292 g/mol. The van der Waals surface area contributed by atoms with Gasteiger partial charge in [0.2, 0.25) is 0 Å². The highest BCUT2D eigenvalue weighted by Crippen LogP contribution is 2.19. The van der Waals surface area contributed by atoms with Gasteiger partial charge in [-0.3, -0.25) is 4.79 Å². The molecule has 20 heavy (non-hydrogen) atoms. The summed E-state index contributed by atoms with van der Waals surface area (Å²) >= 11 is 1.21. The third kappa shape index (κ3) is 3.20. The molecule has 2 rings (SSSR count). The van der Waals surface area contributed by atoms with Crippen molar-refractivity contribution in [2.24, 2.45) is 5.73 Å². The molecule has 0 radical (unpaired) electrons. The molecule has 1 heterocycles. The molecule has 0 atom stereocenters. The smallest absolute Gasteiger partial charge is 0.267 e. The van der Waals surface area contributed by atoms with Crippen LogP contribution in [0.5, 0.6) is 0 Å². The van der Waals surface area contributed by atoms with E-state index in [4.69, 9.17) is 5.73 Å². The van der Waals surface area contributed by atoms with Crippen LogP contribution in [0.4, 0.5) is 14.5 Å². The van der Waals surface area contributed by atoms with Crippen molar-refractivity contribution in [1.29, 1.82) is 0 Å². The Morgan fingerprint density at radius 3 is 2.80 bits per heavy atom. The van der Waals surface area contributed by atoms with Crippen molar-refractivity contribution in [2.75, 3.05) is 11.9 Å². The maximum atomic E-state index is 13.1. The zero-order valence-electron chi connectivity index (χ0n) is 10.2. The Morgan fingerprint density at radius 1 is 1.30 bits per heavy atom. The fourth-order valence-electron chi connectivity index (χ4n) is 1.49. The van der Waals surface area contributed by atoms with Gasteiger partial charge >= 0.3 is 0 Å². The normalized spacial score (nSPS) is 9.75. The Bertz CT molecular complexity index is 701. The predicted molar refractivity (Wildman–Crippen MR) is 74.6 cm³/mol. The Hall–Kier alpha value is -2.23. The van der Waals surface area contributed by atoms with E-state index < -0.39 is 17.5 Å². The number of hydrogen-bond acceptors (Lipinski definition) is 3. The maximum absolute atomic E-state index is 13.1. The van der Waals surface area contributed by atoms with Crippen LogP contribution >= 0.6 is 11.3 Å². The molecular formula is C14H10F2N2OS. The van der Waals surface area contributed by atoms with Crippen LogP contribution in [0.2, 0.25) is 0 Å². The molecule has 1 aromatic heterocycles. The number of hydrogen-bond donors (Lipinski definition) is 2. The highest BCUT2D eigenvalue weighted by molar-refractivity contribution is 7.12. The van der Waals surface area contributed by atoms with Gasteiger partial charge in [0.15, 0.2) is 11.6 Å². The molecule has 0 saturated heterocycles. The van der Waals surface area contributed by atoms with Crippen LogP contribution in [0.1, 0.15) is 15.2 Å². The third-order valence-electron chi connectivity index (χ3n) is 2.37. The number of nitrogens with one attached hydrogen (secondary N) is 1. The summed E-state index contributed by atoms with van der Waals surface area (Å²) in [5.41, 5.74) is 6.01. The fraction of sp³-hybridized carbons (Fsp3) is 0.0714. The monoisotopic (exact) mass is 292 g/mol. The van der Waals surface area contributed by atoms with E-state index >= 15 is 0 Å². The van der Waals surface area contributed by atoms with E-state index in [9.17, 15) is 13.6 Å². The van der Waals surface area contributed by atoms with Crippen LogP contribution in [-0.4, -0.2) is 12.5 Å². The van der Waals surface area contributed by atoms with Gasteiger partial charge in [0, 0.05) is 17.3 Å². The zero-order chi connectivity index (χ0) is 14.5. The molecule has 0 saturated carbocycles. The molecule has 0 bridgehead atoms. The van der Waals surface area contributed by atoms with Crippen molar-refractivity contribution in [2.45, 2.75) is 0 Å². The molecule has 6 heteroatoms. The maximum Gasteiger partial charge on any atom is 0.267 e. The average Bonchev–Trinajstić information content (AvgIpc) is 2.89. The first-order valence-electron chi connectivity index (χ1n) is 5.64. The number of anilines is 1. The summed E-state index contributed by atoms with van der Waals surface area (Å²) in [7, 11) is 0. The summed E-state index contributed by atoms with van der Waals surface area (Å²) in [6.07, 6.45) is 0. The van der Waals surface area contributed by atoms with Crippen LogP contribution in [0, 0.1) is 23.5 Å². The lowest BCUT2D eigenvalue weighted by Crippen LogP contribution is -2.11. The number of rotatable bonds is 2. The van der Waals surface area contributed by atoms with Crippen LogP contribution in [0.3, 0.4) is 0 Å². The molecule has 3 nitrogen and oxygen atoms in total. The lowest BCUT2D eigenvalue weighted by atomic mass is 10.2. The van der Waals surface area contributed by atoms with Gasteiger partial charge in [0.25, 0.3) is 5.91 Å². The number of nitrogens with two attached hydrogens (primary N) is 1.